The van der Waals surface area contributed by atoms with Gasteiger partial charge in [-0.2, -0.15) is 0 Å². The molecule has 0 saturated carbocycles. The van der Waals surface area contributed by atoms with Crippen molar-refractivity contribution in [1.82, 2.24) is 14.4 Å². The van der Waals surface area contributed by atoms with Crippen LogP contribution in [-0.2, 0) is 0 Å². The van der Waals surface area contributed by atoms with Crippen LogP contribution in [0.5, 0.6) is 0 Å². The van der Waals surface area contributed by atoms with Crippen LogP contribution in [0.25, 0.3) is 28.2 Å². The highest BCUT2D eigenvalue weighted by atomic mass is 32.1. The molecule has 4 aromatic rings. The molecule has 0 aliphatic rings. The molecule has 25 heavy (non-hydrogen) atoms. The van der Waals surface area contributed by atoms with Crippen molar-refractivity contribution in [2.45, 2.75) is 0 Å². The van der Waals surface area contributed by atoms with Gasteiger partial charge >= 0.3 is 0 Å². The lowest BCUT2D eigenvalue weighted by Gasteiger charge is -2.02. The van der Waals surface area contributed by atoms with Gasteiger partial charge in [0.2, 0.25) is 5.78 Å². The SMILES string of the molecule is O=[N+]([O-])c1ccc(-c2cn3c(=S)c(-c4ccccc4)cnc3[nH]2)cc1. The van der Waals surface area contributed by atoms with E-state index in [1.807, 2.05) is 40.9 Å². The second kappa shape index (κ2) is 5.95. The summed E-state index contributed by atoms with van der Waals surface area (Å²) in [7, 11) is 0. The van der Waals surface area contributed by atoms with Gasteiger partial charge in [-0.05, 0) is 17.7 Å². The summed E-state index contributed by atoms with van der Waals surface area (Å²) in [6, 6.07) is 16.2. The molecule has 4 rings (SSSR count). The number of H-pyrrole nitrogens is 1. The van der Waals surface area contributed by atoms with Gasteiger partial charge in [0.1, 0.15) is 4.64 Å². The average molecular weight is 348 g/mol. The summed E-state index contributed by atoms with van der Waals surface area (Å²) in [5.41, 5.74) is 3.56. The lowest BCUT2D eigenvalue weighted by Crippen LogP contribution is -1.92. The van der Waals surface area contributed by atoms with Crippen molar-refractivity contribution in [2.75, 3.05) is 0 Å². The van der Waals surface area contributed by atoms with E-state index in [9.17, 15) is 10.1 Å². The van der Waals surface area contributed by atoms with E-state index in [0.717, 1.165) is 22.4 Å². The lowest BCUT2D eigenvalue weighted by atomic mass is 10.1. The average Bonchev–Trinajstić information content (AvgIpc) is 3.08. The molecule has 2 heterocycles. The number of non-ortho nitro benzene ring substituents is 1. The number of benzene rings is 2. The fourth-order valence-electron chi connectivity index (χ4n) is 2.69. The van der Waals surface area contributed by atoms with Crippen LogP contribution >= 0.6 is 12.2 Å². The number of nitro benzene ring substituents is 1. The number of hydrogen-bond donors (Lipinski definition) is 1. The number of rotatable bonds is 3. The Labute approximate surface area is 147 Å². The molecular formula is C18H12N4O2S. The van der Waals surface area contributed by atoms with Crippen molar-refractivity contribution < 1.29 is 4.92 Å². The lowest BCUT2D eigenvalue weighted by molar-refractivity contribution is -0.384. The van der Waals surface area contributed by atoms with Gasteiger partial charge in [-0.15, -0.1) is 0 Å². The van der Waals surface area contributed by atoms with Crippen molar-refractivity contribution >= 4 is 23.7 Å². The first kappa shape index (κ1) is 15.2. The van der Waals surface area contributed by atoms with Crippen LogP contribution in [0.1, 0.15) is 0 Å². The Morgan fingerprint density at radius 2 is 1.76 bits per heavy atom. The van der Waals surface area contributed by atoms with E-state index in [0.29, 0.717) is 10.4 Å². The van der Waals surface area contributed by atoms with E-state index in [1.54, 1.807) is 18.3 Å². The number of nitrogens with one attached hydrogen (secondary N) is 1. The Kier molecular flexibility index (Phi) is 3.62. The maximum absolute atomic E-state index is 10.8. The molecule has 0 atom stereocenters. The number of aromatic amines is 1. The highest BCUT2D eigenvalue weighted by Gasteiger charge is 2.10. The Morgan fingerprint density at radius 3 is 2.44 bits per heavy atom. The predicted octanol–water partition coefficient (Wildman–Crippen LogP) is 4.63. The van der Waals surface area contributed by atoms with Crippen LogP contribution in [0.2, 0.25) is 0 Å². The summed E-state index contributed by atoms with van der Waals surface area (Å²) >= 11 is 5.61. The van der Waals surface area contributed by atoms with Gasteiger partial charge in [0, 0.05) is 35.7 Å². The summed E-state index contributed by atoms with van der Waals surface area (Å²) in [4.78, 5) is 18.0. The van der Waals surface area contributed by atoms with Crippen LogP contribution in [0.15, 0.2) is 67.0 Å². The number of imidazole rings is 1. The number of nitrogens with zero attached hydrogens (tertiary/aromatic N) is 3. The Hall–Kier alpha value is -3.32. The Balaban J connectivity index is 1.82. The third-order valence-electron chi connectivity index (χ3n) is 3.97. The van der Waals surface area contributed by atoms with Crippen LogP contribution in [0, 0.1) is 14.8 Å². The highest BCUT2D eigenvalue weighted by Crippen LogP contribution is 2.24. The number of nitro groups is 1. The molecule has 6 nitrogen and oxygen atoms in total. The molecule has 0 aliphatic carbocycles. The van der Waals surface area contributed by atoms with Crippen molar-refractivity contribution in [3.05, 3.63) is 81.7 Å². The van der Waals surface area contributed by atoms with Gasteiger partial charge in [0.05, 0.1) is 10.6 Å². The van der Waals surface area contributed by atoms with E-state index in [4.69, 9.17) is 12.2 Å². The topological polar surface area (TPSA) is 76.2 Å². The normalized spacial score (nSPS) is 10.9. The van der Waals surface area contributed by atoms with Crippen molar-refractivity contribution in [1.29, 1.82) is 0 Å². The third-order valence-corrected chi connectivity index (χ3v) is 4.39. The van der Waals surface area contributed by atoms with Crippen molar-refractivity contribution in [3.63, 3.8) is 0 Å². The maximum atomic E-state index is 10.8. The molecule has 0 bridgehead atoms. The van der Waals surface area contributed by atoms with Crippen LogP contribution in [0.4, 0.5) is 5.69 Å². The Morgan fingerprint density at radius 1 is 1.04 bits per heavy atom. The van der Waals surface area contributed by atoms with Crippen LogP contribution in [-0.4, -0.2) is 19.3 Å². The largest absolute Gasteiger partial charge is 0.323 e. The minimum atomic E-state index is -0.418. The van der Waals surface area contributed by atoms with Gasteiger partial charge in [0.15, 0.2) is 0 Å². The van der Waals surface area contributed by atoms with Gasteiger partial charge in [0.25, 0.3) is 5.69 Å². The standard InChI is InChI=1S/C18H12N4O2S/c23-22(24)14-8-6-13(7-9-14)16-11-21-17(25)15(10-19-18(21)20-16)12-4-2-1-3-5-12/h1-11H,(H,19,20). The molecule has 0 saturated heterocycles. The zero-order valence-corrected chi connectivity index (χ0v) is 13.7. The van der Waals surface area contributed by atoms with Crippen LogP contribution in [0.3, 0.4) is 0 Å². The predicted molar refractivity (Wildman–Crippen MR) is 97.9 cm³/mol. The van der Waals surface area contributed by atoms with Gasteiger partial charge in [-0.25, -0.2) is 4.98 Å². The quantitative estimate of drug-likeness (QED) is 0.332. The summed E-state index contributed by atoms with van der Waals surface area (Å²) in [6.07, 6.45) is 3.61. The molecular weight excluding hydrogens is 336 g/mol. The van der Waals surface area contributed by atoms with E-state index >= 15 is 0 Å². The van der Waals surface area contributed by atoms with E-state index in [2.05, 4.69) is 9.97 Å². The molecule has 2 aromatic carbocycles. The fourth-order valence-corrected chi connectivity index (χ4v) is 3.00. The first-order chi connectivity index (χ1) is 12.1. The monoisotopic (exact) mass is 348 g/mol. The van der Waals surface area contributed by atoms with E-state index < -0.39 is 4.92 Å². The molecule has 0 spiro atoms. The highest BCUT2D eigenvalue weighted by molar-refractivity contribution is 7.71. The summed E-state index contributed by atoms with van der Waals surface area (Å²) < 4.78 is 2.47. The molecule has 0 amide bonds. The van der Waals surface area contributed by atoms with Crippen molar-refractivity contribution in [3.8, 4) is 22.4 Å². The van der Waals surface area contributed by atoms with Crippen molar-refractivity contribution in [2.24, 2.45) is 0 Å². The van der Waals surface area contributed by atoms with Gasteiger partial charge in [-0.1, -0.05) is 42.5 Å². The molecule has 0 radical (unpaired) electrons. The number of fused-ring (bicyclic) bond motifs is 1. The zero-order valence-electron chi connectivity index (χ0n) is 12.9. The first-order valence-corrected chi connectivity index (χ1v) is 7.95. The molecule has 0 fully saturated rings. The zero-order chi connectivity index (χ0) is 17.4. The minimum Gasteiger partial charge on any atom is -0.323 e. The Bertz CT molecular complexity index is 1130. The second-order valence-electron chi connectivity index (χ2n) is 5.51. The fraction of sp³-hybridized carbons (Fsp3) is 0. The second-order valence-corrected chi connectivity index (χ2v) is 5.90. The number of aromatic nitrogens is 3. The third kappa shape index (κ3) is 2.70. The first-order valence-electron chi connectivity index (χ1n) is 7.54. The summed E-state index contributed by atoms with van der Waals surface area (Å²) in [5, 5.41) is 10.8. The molecule has 0 aliphatic heterocycles. The molecule has 7 heteroatoms. The summed E-state index contributed by atoms with van der Waals surface area (Å²) in [5.74, 6) is 0.623. The molecule has 1 N–H and O–H groups in total. The van der Waals surface area contributed by atoms with Gasteiger partial charge < -0.3 is 4.98 Å². The molecule has 2 aromatic heterocycles. The minimum absolute atomic E-state index is 0.0564. The van der Waals surface area contributed by atoms with E-state index in [-0.39, 0.29) is 5.69 Å². The summed E-state index contributed by atoms with van der Waals surface area (Å²) in [6.45, 7) is 0. The maximum Gasteiger partial charge on any atom is 0.269 e. The van der Waals surface area contributed by atoms with Crippen LogP contribution < -0.4 is 0 Å². The molecule has 122 valence electrons. The number of hydrogen-bond acceptors (Lipinski definition) is 4. The van der Waals surface area contributed by atoms with E-state index in [1.165, 1.54) is 12.1 Å². The smallest absolute Gasteiger partial charge is 0.269 e. The molecule has 0 unspecified atom stereocenters. The van der Waals surface area contributed by atoms with Gasteiger partial charge in [-0.3, -0.25) is 14.5 Å².